The molecule has 0 N–H and O–H groups in total. The summed E-state index contributed by atoms with van der Waals surface area (Å²) in [6.07, 6.45) is -2.60. The van der Waals surface area contributed by atoms with E-state index in [4.69, 9.17) is 28.4 Å². The second-order valence-electron chi connectivity index (χ2n) is 10.0. The van der Waals surface area contributed by atoms with E-state index in [1.807, 2.05) is 121 Å². The van der Waals surface area contributed by atoms with Gasteiger partial charge in [-0.2, -0.15) is 0 Å². The van der Waals surface area contributed by atoms with Crippen LogP contribution in [0.2, 0.25) is 0 Å². The van der Waals surface area contributed by atoms with Gasteiger partial charge in [0.15, 0.2) is 6.29 Å². The molecule has 6 heteroatoms. The largest absolute Gasteiger partial charge is 0.353 e. The first-order valence-corrected chi connectivity index (χ1v) is 13.3. The summed E-state index contributed by atoms with van der Waals surface area (Å²) in [5, 5.41) is 0. The van der Waals surface area contributed by atoms with Gasteiger partial charge in [-0.1, -0.05) is 121 Å². The second-order valence-corrected chi connectivity index (χ2v) is 10.0. The number of benzene rings is 4. The maximum atomic E-state index is 7.03. The summed E-state index contributed by atoms with van der Waals surface area (Å²) in [4.78, 5) is 0. The number of hydrogen-bond acceptors (Lipinski definition) is 6. The molecule has 6 nitrogen and oxygen atoms in total. The third-order valence-corrected chi connectivity index (χ3v) is 7.80. The standard InChI is InChI=1S/C33H30O6/c1-34-31-30-29(38-33(39-30,25-18-10-4-11-19-25)26-20-12-5-13-21-26)28-27(36-31)22-35-32(37-28,23-14-6-2-7-15-23)24-16-8-3-9-17-24/h2-21,27-31H,22H2,1H3/t27-,28-,29+,30-,31+/m1/s1. The van der Waals surface area contributed by atoms with E-state index >= 15 is 0 Å². The summed E-state index contributed by atoms with van der Waals surface area (Å²) in [7, 11) is 1.62. The van der Waals surface area contributed by atoms with Crippen LogP contribution in [-0.2, 0) is 40.0 Å². The normalized spacial score (nSPS) is 28.8. The summed E-state index contributed by atoms with van der Waals surface area (Å²) < 4.78 is 39.7. The van der Waals surface area contributed by atoms with Crippen molar-refractivity contribution >= 4 is 0 Å². The Morgan fingerprint density at radius 2 is 0.949 bits per heavy atom. The molecule has 0 bridgehead atoms. The highest BCUT2D eigenvalue weighted by atomic mass is 16.8. The van der Waals surface area contributed by atoms with Crippen molar-refractivity contribution in [2.24, 2.45) is 0 Å². The van der Waals surface area contributed by atoms with Gasteiger partial charge in [0.2, 0.25) is 11.6 Å². The minimum absolute atomic E-state index is 0.296. The van der Waals surface area contributed by atoms with E-state index in [1.165, 1.54) is 0 Å². The molecule has 198 valence electrons. The Kier molecular flexibility index (Phi) is 6.32. The van der Waals surface area contributed by atoms with Crippen molar-refractivity contribution < 1.29 is 28.4 Å². The maximum Gasteiger partial charge on any atom is 0.223 e. The van der Waals surface area contributed by atoms with Crippen molar-refractivity contribution in [2.45, 2.75) is 42.3 Å². The predicted octanol–water partition coefficient (Wildman–Crippen LogP) is 5.36. The third-order valence-electron chi connectivity index (χ3n) is 7.80. The van der Waals surface area contributed by atoms with Crippen LogP contribution in [0.1, 0.15) is 22.3 Å². The van der Waals surface area contributed by atoms with Gasteiger partial charge in [-0.25, -0.2) is 0 Å². The summed E-state index contributed by atoms with van der Waals surface area (Å²) in [5.41, 5.74) is 3.58. The molecule has 3 saturated heterocycles. The van der Waals surface area contributed by atoms with Gasteiger partial charge in [0, 0.05) is 29.4 Å². The van der Waals surface area contributed by atoms with Gasteiger partial charge in [-0.15, -0.1) is 0 Å². The summed E-state index contributed by atoms with van der Waals surface area (Å²) >= 11 is 0. The first kappa shape index (κ1) is 24.7. The Hall–Kier alpha value is -3.36. The van der Waals surface area contributed by atoms with Crippen molar-refractivity contribution in [2.75, 3.05) is 13.7 Å². The van der Waals surface area contributed by atoms with E-state index in [0.29, 0.717) is 6.61 Å². The van der Waals surface area contributed by atoms with Crippen LogP contribution >= 0.6 is 0 Å². The monoisotopic (exact) mass is 522 g/mol. The lowest BCUT2D eigenvalue weighted by Crippen LogP contribution is -2.64. The van der Waals surface area contributed by atoms with Crippen molar-refractivity contribution in [1.29, 1.82) is 0 Å². The highest BCUT2D eigenvalue weighted by Crippen LogP contribution is 2.51. The lowest BCUT2D eigenvalue weighted by atomic mass is 9.92. The van der Waals surface area contributed by atoms with Crippen LogP contribution in [0.25, 0.3) is 0 Å². The molecule has 0 unspecified atom stereocenters. The molecular formula is C33H30O6. The Labute approximate surface area is 228 Å². The van der Waals surface area contributed by atoms with Gasteiger partial charge >= 0.3 is 0 Å². The Morgan fingerprint density at radius 1 is 0.538 bits per heavy atom. The first-order valence-electron chi connectivity index (χ1n) is 13.3. The van der Waals surface area contributed by atoms with Crippen LogP contribution in [0.5, 0.6) is 0 Å². The van der Waals surface area contributed by atoms with Crippen LogP contribution in [-0.4, -0.2) is 44.4 Å². The molecule has 0 amide bonds. The van der Waals surface area contributed by atoms with Gasteiger partial charge < -0.3 is 28.4 Å². The number of rotatable bonds is 5. The molecule has 0 spiro atoms. The fourth-order valence-corrected chi connectivity index (χ4v) is 5.98. The van der Waals surface area contributed by atoms with E-state index < -0.39 is 42.3 Å². The average molecular weight is 523 g/mol. The van der Waals surface area contributed by atoms with Gasteiger partial charge in [-0.3, -0.25) is 0 Å². The number of ether oxygens (including phenoxy) is 6. The Balaban J connectivity index is 1.33. The lowest BCUT2D eigenvalue weighted by molar-refractivity contribution is -0.371. The molecule has 0 saturated carbocycles. The quantitative estimate of drug-likeness (QED) is 0.352. The molecule has 0 aromatic heterocycles. The van der Waals surface area contributed by atoms with Gasteiger partial charge in [0.05, 0.1) is 6.61 Å². The minimum Gasteiger partial charge on any atom is -0.353 e. The van der Waals surface area contributed by atoms with Crippen molar-refractivity contribution in [3.63, 3.8) is 0 Å². The summed E-state index contributed by atoms with van der Waals surface area (Å²) in [6, 6.07) is 40.0. The highest BCUT2D eigenvalue weighted by molar-refractivity contribution is 5.37. The van der Waals surface area contributed by atoms with Crippen LogP contribution in [0.4, 0.5) is 0 Å². The smallest absolute Gasteiger partial charge is 0.223 e. The SMILES string of the molecule is CO[C@H]1O[C@@H]2COC(c3ccccc3)(c3ccccc3)O[C@H]2[C@@H]2OC(c3ccccc3)(c3ccccc3)O[C@@H]12. The van der Waals surface area contributed by atoms with Crippen LogP contribution < -0.4 is 0 Å². The number of hydrogen-bond donors (Lipinski definition) is 0. The zero-order valence-corrected chi connectivity index (χ0v) is 21.6. The molecule has 39 heavy (non-hydrogen) atoms. The lowest BCUT2D eigenvalue weighted by Gasteiger charge is -2.50. The zero-order chi connectivity index (χ0) is 26.3. The average Bonchev–Trinajstić information content (AvgIpc) is 3.45. The molecule has 3 aliphatic heterocycles. The van der Waals surface area contributed by atoms with E-state index in [2.05, 4.69) is 0 Å². The molecule has 4 aromatic rings. The molecule has 3 heterocycles. The maximum absolute atomic E-state index is 7.03. The molecule has 5 atom stereocenters. The van der Waals surface area contributed by atoms with Gasteiger partial charge in [-0.05, 0) is 0 Å². The summed E-state index contributed by atoms with van der Waals surface area (Å²) in [6.45, 7) is 0.296. The van der Waals surface area contributed by atoms with Gasteiger partial charge in [0.25, 0.3) is 0 Å². The van der Waals surface area contributed by atoms with Crippen LogP contribution in [0, 0.1) is 0 Å². The fourth-order valence-electron chi connectivity index (χ4n) is 5.98. The minimum atomic E-state index is -1.16. The van der Waals surface area contributed by atoms with Gasteiger partial charge in [0.1, 0.15) is 24.4 Å². The van der Waals surface area contributed by atoms with Crippen molar-refractivity contribution in [3.05, 3.63) is 144 Å². The third kappa shape index (κ3) is 4.03. The van der Waals surface area contributed by atoms with Crippen LogP contribution in [0.3, 0.4) is 0 Å². The second kappa shape index (κ2) is 9.99. The predicted molar refractivity (Wildman–Crippen MR) is 144 cm³/mol. The first-order chi connectivity index (χ1) is 19.2. The Morgan fingerprint density at radius 3 is 1.41 bits per heavy atom. The Bertz CT molecular complexity index is 1300. The topological polar surface area (TPSA) is 55.4 Å². The molecule has 3 aliphatic rings. The van der Waals surface area contributed by atoms with Crippen molar-refractivity contribution in [1.82, 2.24) is 0 Å². The number of methoxy groups -OCH3 is 1. The molecule has 0 radical (unpaired) electrons. The van der Waals surface area contributed by atoms with E-state index in [-0.39, 0.29) is 0 Å². The molecular weight excluding hydrogens is 492 g/mol. The van der Waals surface area contributed by atoms with E-state index in [9.17, 15) is 0 Å². The molecule has 4 aromatic carbocycles. The van der Waals surface area contributed by atoms with E-state index in [0.717, 1.165) is 22.3 Å². The number of fused-ring (bicyclic) bond motifs is 3. The fraction of sp³-hybridized carbons (Fsp3) is 0.273. The highest BCUT2D eigenvalue weighted by Gasteiger charge is 2.63. The molecule has 0 aliphatic carbocycles. The molecule has 7 rings (SSSR count). The van der Waals surface area contributed by atoms with E-state index in [1.54, 1.807) is 7.11 Å². The summed E-state index contributed by atoms with van der Waals surface area (Å²) in [5.74, 6) is -2.29. The van der Waals surface area contributed by atoms with Crippen LogP contribution in [0.15, 0.2) is 121 Å². The van der Waals surface area contributed by atoms with Crippen molar-refractivity contribution in [3.8, 4) is 0 Å². The zero-order valence-electron chi connectivity index (χ0n) is 21.6. The molecule has 3 fully saturated rings.